The summed E-state index contributed by atoms with van der Waals surface area (Å²) in [5.74, 6) is -0.856. The van der Waals surface area contributed by atoms with Crippen LogP contribution >= 0.6 is 0 Å². The molecule has 0 saturated heterocycles. The molecule has 3 N–H and O–H groups in total. The van der Waals surface area contributed by atoms with Gasteiger partial charge in [0, 0.05) is 18.5 Å². The monoisotopic (exact) mass is 226 g/mol. The van der Waals surface area contributed by atoms with E-state index in [1.807, 2.05) is 0 Å². The predicted octanol–water partition coefficient (Wildman–Crippen LogP) is 1.77. The summed E-state index contributed by atoms with van der Waals surface area (Å²) in [4.78, 5) is 11.7. The molecule has 0 aromatic heterocycles. The average Bonchev–Trinajstić information content (AvgIpc) is 2.15. The largest absolute Gasteiger partial charge is 0.399 e. The van der Waals surface area contributed by atoms with E-state index in [1.165, 1.54) is 25.3 Å². The van der Waals surface area contributed by atoms with E-state index < -0.39 is 11.4 Å². The zero-order valence-corrected chi connectivity index (χ0v) is 9.50. The van der Waals surface area contributed by atoms with Crippen molar-refractivity contribution in [1.82, 2.24) is 0 Å². The third-order valence-electron chi connectivity index (χ3n) is 2.24. The smallest absolute Gasteiger partial charge is 0.256 e. The summed E-state index contributed by atoms with van der Waals surface area (Å²) in [5.41, 5.74) is 5.05. The fourth-order valence-corrected chi connectivity index (χ4v) is 1.06. The highest BCUT2D eigenvalue weighted by Gasteiger charge is 2.26. The molecule has 5 heteroatoms. The molecule has 1 aromatic rings. The molecular weight excluding hydrogens is 211 g/mol. The third kappa shape index (κ3) is 2.93. The summed E-state index contributed by atoms with van der Waals surface area (Å²) >= 11 is 0. The van der Waals surface area contributed by atoms with Gasteiger partial charge in [-0.05, 0) is 32.0 Å². The first-order valence-corrected chi connectivity index (χ1v) is 4.78. The van der Waals surface area contributed by atoms with Crippen LogP contribution in [-0.2, 0) is 9.53 Å². The van der Waals surface area contributed by atoms with Crippen molar-refractivity contribution in [1.29, 1.82) is 0 Å². The quantitative estimate of drug-likeness (QED) is 0.772. The van der Waals surface area contributed by atoms with Gasteiger partial charge < -0.3 is 15.8 Å². The van der Waals surface area contributed by atoms with Crippen LogP contribution < -0.4 is 11.1 Å². The Balaban J connectivity index is 2.85. The van der Waals surface area contributed by atoms with E-state index in [-0.39, 0.29) is 11.6 Å². The highest BCUT2D eigenvalue weighted by atomic mass is 19.1. The number of ether oxygens (including phenoxy) is 1. The van der Waals surface area contributed by atoms with Gasteiger partial charge in [0.1, 0.15) is 11.4 Å². The van der Waals surface area contributed by atoms with Crippen molar-refractivity contribution in [3.05, 3.63) is 24.0 Å². The number of hydrogen-bond donors (Lipinski definition) is 2. The van der Waals surface area contributed by atoms with Crippen LogP contribution in [0.4, 0.5) is 15.8 Å². The molecule has 0 aliphatic carbocycles. The van der Waals surface area contributed by atoms with Crippen LogP contribution in [0.2, 0.25) is 0 Å². The van der Waals surface area contributed by atoms with Gasteiger partial charge in [0.2, 0.25) is 0 Å². The molecule has 1 amide bonds. The maximum absolute atomic E-state index is 13.0. The molecule has 0 atom stereocenters. The first-order valence-electron chi connectivity index (χ1n) is 4.78. The number of anilines is 2. The summed E-state index contributed by atoms with van der Waals surface area (Å²) in [6, 6.07) is 3.85. The highest BCUT2D eigenvalue weighted by Crippen LogP contribution is 2.18. The second-order valence-electron chi connectivity index (χ2n) is 3.94. The minimum atomic E-state index is -0.971. The summed E-state index contributed by atoms with van der Waals surface area (Å²) < 4.78 is 18.0. The van der Waals surface area contributed by atoms with Crippen molar-refractivity contribution in [3.63, 3.8) is 0 Å². The minimum absolute atomic E-state index is 0.255. The lowest BCUT2D eigenvalue weighted by atomic mass is 10.1. The van der Waals surface area contributed by atoms with Crippen LogP contribution in [0.1, 0.15) is 13.8 Å². The second-order valence-corrected chi connectivity index (χ2v) is 3.94. The maximum atomic E-state index is 13.0. The van der Waals surface area contributed by atoms with E-state index >= 15 is 0 Å². The molecule has 16 heavy (non-hydrogen) atoms. The summed E-state index contributed by atoms with van der Waals surface area (Å²) in [6.45, 7) is 3.23. The molecule has 0 heterocycles. The summed E-state index contributed by atoms with van der Waals surface area (Å²) in [7, 11) is 1.43. The topological polar surface area (TPSA) is 64.3 Å². The Bertz CT molecular complexity index is 385. The molecule has 0 aliphatic rings. The van der Waals surface area contributed by atoms with Crippen LogP contribution in [0.5, 0.6) is 0 Å². The van der Waals surface area contributed by atoms with Crippen LogP contribution in [0.15, 0.2) is 18.2 Å². The Morgan fingerprint density at radius 2 is 2.06 bits per heavy atom. The zero-order valence-electron chi connectivity index (χ0n) is 9.50. The lowest BCUT2D eigenvalue weighted by Crippen LogP contribution is -2.38. The number of benzene rings is 1. The van der Waals surface area contributed by atoms with Gasteiger partial charge in [-0.1, -0.05) is 0 Å². The Labute approximate surface area is 93.6 Å². The average molecular weight is 226 g/mol. The predicted molar refractivity (Wildman–Crippen MR) is 60.5 cm³/mol. The molecule has 1 aromatic carbocycles. The van der Waals surface area contributed by atoms with Gasteiger partial charge >= 0.3 is 0 Å². The van der Waals surface area contributed by atoms with Gasteiger partial charge in [-0.15, -0.1) is 0 Å². The minimum Gasteiger partial charge on any atom is -0.399 e. The molecule has 0 fully saturated rings. The van der Waals surface area contributed by atoms with E-state index in [0.29, 0.717) is 5.69 Å². The van der Waals surface area contributed by atoms with Gasteiger partial charge in [0.05, 0.1) is 0 Å². The van der Waals surface area contributed by atoms with Gasteiger partial charge in [0.25, 0.3) is 5.91 Å². The molecule has 1 rings (SSSR count). The lowest BCUT2D eigenvalue weighted by molar-refractivity contribution is -0.133. The first-order chi connectivity index (χ1) is 7.35. The van der Waals surface area contributed by atoms with Crippen LogP contribution in [0.25, 0.3) is 0 Å². The molecule has 4 nitrogen and oxygen atoms in total. The lowest BCUT2D eigenvalue weighted by Gasteiger charge is -2.21. The standard InChI is InChI=1S/C11H15FN2O2/c1-11(2,16-3)10(15)14-9-5-7(12)4-8(13)6-9/h4-6H,13H2,1-3H3,(H,14,15). The van der Waals surface area contributed by atoms with Crippen LogP contribution in [0, 0.1) is 5.82 Å². The van der Waals surface area contributed by atoms with Crippen LogP contribution in [-0.4, -0.2) is 18.6 Å². The normalized spacial score (nSPS) is 11.2. The van der Waals surface area contributed by atoms with E-state index in [1.54, 1.807) is 13.8 Å². The molecule has 0 unspecified atom stereocenters. The van der Waals surface area contributed by atoms with Crippen LogP contribution in [0.3, 0.4) is 0 Å². The number of halogens is 1. The second kappa shape index (κ2) is 4.49. The SMILES string of the molecule is COC(C)(C)C(=O)Nc1cc(N)cc(F)c1. The number of methoxy groups -OCH3 is 1. The number of nitrogen functional groups attached to an aromatic ring is 1. The van der Waals surface area contributed by atoms with E-state index in [9.17, 15) is 9.18 Å². The first kappa shape index (κ1) is 12.4. The number of amides is 1. The number of rotatable bonds is 3. The number of carbonyl (C=O) groups is 1. The Kier molecular flexibility index (Phi) is 3.49. The van der Waals surface area contributed by atoms with Crippen molar-refractivity contribution in [2.75, 3.05) is 18.2 Å². The molecular formula is C11H15FN2O2. The highest BCUT2D eigenvalue weighted by molar-refractivity contribution is 5.97. The number of nitrogens with one attached hydrogen (secondary N) is 1. The third-order valence-corrected chi connectivity index (χ3v) is 2.24. The number of nitrogens with two attached hydrogens (primary N) is 1. The van der Waals surface area contributed by atoms with Crippen molar-refractivity contribution in [2.45, 2.75) is 19.4 Å². The maximum Gasteiger partial charge on any atom is 0.256 e. The molecule has 0 bridgehead atoms. The van der Waals surface area contributed by atoms with Crippen molar-refractivity contribution in [2.24, 2.45) is 0 Å². The van der Waals surface area contributed by atoms with Crippen molar-refractivity contribution >= 4 is 17.3 Å². The Morgan fingerprint density at radius 3 is 2.56 bits per heavy atom. The fourth-order valence-electron chi connectivity index (χ4n) is 1.06. The van der Waals surface area contributed by atoms with E-state index in [0.717, 1.165) is 0 Å². The molecule has 88 valence electrons. The number of hydrogen-bond acceptors (Lipinski definition) is 3. The molecule has 0 radical (unpaired) electrons. The van der Waals surface area contributed by atoms with Crippen molar-refractivity contribution in [3.8, 4) is 0 Å². The summed E-state index contributed by atoms with van der Waals surface area (Å²) in [6.07, 6.45) is 0. The van der Waals surface area contributed by atoms with Gasteiger partial charge in [0.15, 0.2) is 0 Å². The summed E-state index contributed by atoms with van der Waals surface area (Å²) in [5, 5.41) is 2.53. The zero-order chi connectivity index (χ0) is 12.3. The van der Waals surface area contributed by atoms with E-state index in [2.05, 4.69) is 5.32 Å². The fraction of sp³-hybridized carbons (Fsp3) is 0.364. The van der Waals surface area contributed by atoms with Gasteiger partial charge in [-0.3, -0.25) is 4.79 Å². The Hall–Kier alpha value is -1.62. The molecule has 0 saturated carbocycles. The van der Waals surface area contributed by atoms with Crippen molar-refractivity contribution < 1.29 is 13.9 Å². The number of carbonyl (C=O) groups excluding carboxylic acids is 1. The van der Waals surface area contributed by atoms with E-state index in [4.69, 9.17) is 10.5 Å². The molecule has 0 aliphatic heterocycles. The molecule has 0 spiro atoms. The Morgan fingerprint density at radius 1 is 1.44 bits per heavy atom. The van der Waals surface area contributed by atoms with Gasteiger partial charge in [-0.2, -0.15) is 0 Å². The van der Waals surface area contributed by atoms with Gasteiger partial charge in [-0.25, -0.2) is 4.39 Å².